The van der Waals surface area contributed by atoms with E-state index >= 15 is 0 Å². The van der Waals surface area contributed by atoms with E-state index in [0.29, 0.717) is 0 Å². The van der Waals surface area contributed by atoms with Gasteiger partial charge in [0.15, 0.2) is 6.21 Å². The first-order chi connectivity index (χ1) is 10.7. The maximum atomic E-state index is 13.6. The number of hydrogen-bond acceptors (Lipinski definition) is 0. The average Bonchev–Trinajstić information content (AvgIpc) is 3.06. The van der Waals surface area contributed by atoms with Crippen LogP contribution in [0.4, 0.5) is 8.78 Å². The summed E-state index contributed by atoms with van der Waals surface area (Å²) < 4.78 is 30.3. The molecule has 1 aromatic heterocycles. The molecule has 0 spiro atoms. The Hall–Kier alpha value is -2.69. The summed E-state index contributed by atoms with van der Waals surface area (Å²) in [6.07, 6.45) is 6.76. The molecule has 3 heterocycles. The van der Waals surface area contributed by atoms with Gasteiger partial charge < -0.3 is 4.48 Å². The minimum absolute atomic E-state index is 0.238. The van der Waals surface area contributed by atoms with Crippen molar-refractivity contribution in [3.63, 3.8) is 0 Å². The first kappa shape index (κ1) is 13.0. The molecular weight excluding hydrogens is 281 g/mol. The highest BCUT2D eigenvalue weighted by molar-refractivity contribution is 6.27. The van der Waals surface area contributed by atoms with Crippen LogP contribution in [0.3, 0.4) is 0 Å². The van der Waals surface area contributed by atoms with Crippen LogP contribution in [0.2, 0.25) is 0 Å². The Bertz CT molecular complexity index is 873. The van der Waals surface area contributed by atoms with Crippen LogP contribution in [-0.2, 0) is 0 Å². The van der Waals surface area contributed by atoms with Crippen molar-refractivity contribution in [3.05, 3.63) is 76.8 Å². The summed E-state index contributed by atoms with van der Waals surface area (Å²) in [6.45, 7) is 0. The number of nitrogens with zero attached hydrogens (tertiary/aromatic N) is 2. The molecule has 0 amide bonds. The minimum atomic E-state index is -0.838. The van der Waals surface area contributed by atoms with Crippen molar-refractivity contribution in [2.75, 3.05) is 0 Å². The highest BCUT2D eigenvalue weighted by Crippen LogP contribution is 2.29. The third kappa shape index (κ3) is 2.06. The molecule has 0 fully saturated rings. The number of hydrogen-bond donors (Lipinski definition) is 0. The van der Waals surface area contributed by atoms with Crippen LogP contribution in [0.15, 0.2) is 59.8 Å². The lowest BCUT2D eigenvalue weighted by Gasteiger charge is -2.10. The zero-order valence-electron chi connectivity index (χ0n) is 11.6. The number of aromatic nitrogens is 1. The molecule has 0 N–H and O–H groups in total. The molecule has 2 aromatic rings. The number of halogens is 2. The van der Waals surface area contributed by atoms with Gasteiger partial charge in [0.2, 0.25) is 17.4 Å². The Kier molecular flexibility index (Phi) is 2.93. The van der Waals surface area contributed by atoms with Crippen molar-refractivity contribution in [2.45, 2.75) is 0 Å². The lowest BCUT2D eigenvalue weighted by atomic mass is 10.0. The Labute approximate surface area is 127 Å². The molecule has 2 aliphatic heterocycles. The van der Waals surface area contributed by atoms with Gasteiger partial charge in [0.1, 0.15) is 0 Å². The van der Waals surface area contributed by atoms with Crippen LogP contribution in [0.25, 0.3) is 18.2 Å². The molecule has 0 saturated carbocycles. The van der Waals surface area contributed by atoms with E-state index in [1.54, 1.807) is 13.6 Å². The van der Waals surface area contributed by atoms with E-state index in [1.165, 1.54) is 4.49 Å². The van der Waals surface area contributed by atoms with E-state index < -0.39 is 11.7 Å². The number of allylic oxidation sites excluding steroid dienone is 2. The summed E-state index contributed by atoms with van der Waals surface area (Å²) in [5, 5.41) is 0. The predicted octanol–water partition coefficient (Wildman–Crippen LogP) is 3.64. The molecule has 2 nitrogen and oxygen atoms in total. The fourth-order valence-electron chi connectivity index (χ4n) is 2.59. The van der Waals surface area contributed by atoms with Crippen molar-refractivity contribution in [1.82, 2.24) is 4.48 Å². The van der Waals surface area contributed by atoms with Gasteiger partial charge >= 0.3 is 7.55 Å². The van der Waals surface area contributed by atoms with Crippen molar-refractivity contribution in [2.24, 2.45) is 0 Å². The first-order valence-electron chi connectivity index (χ1n) is 6.92. The monoisotopic (exact) mass is 292 g/mol. The van der Waals surface area contributed by atoms with Gasteiger partial charge in [-0.05, 0) is 23.8 Å². The van der Waals surface area contributed by atoms with Gasteiger partial charge in [-0.15, -0.1) is 0 Å². The van der Waals surface area contributed by atoms with E-state index in [4.69, 9.17) is 0 Å². The minimum Gasteiger partial charge on any atom is -0.319 e. The van der Waals surface area contributed by atoms with Crippen LogP contribution in [-0.4, -0.2) is 22.7 Å². The predicted molar refractivity (Wildman–Crippen MR) is 84.5 cm³/mol. The second kappa shape index (κ2) is 4.95. The second-order valence-electron chi connectivity index (χ2n) is 5.14. The molecule has 0 saturated heterocycles. The lowest BCUT2D eigenvalue weighted by molar-refractivity contribution is -0.311. The fraction of sp³-hybridized carbons (Fsp3) is 0. The quantitative estimate of drug-likeness (QED) is 0.747. The Morgan fingerprint density at radius 3 is 2.64 bits per heavy atom. The molecule has 1 radical (unpaired) electrons. The van der Waals surface area contributed by atoms with Crippen LogP contribution < -0.4 is 0 Å². The van der Waals surface area contributed by atoms with Gasteiger partial charge in [-0.25, -0.2) is 0 Å². The van der Waals surface area contributed by atoms with Gasteiger partial charge in [0.05, 0.1) is 0 Å². The largest absolute Gasteiger partial charge is 0.700 e. The number of rotatable bonds is 2. The Balaban J connectivity index is 1.69. The Morgan fingerprint density at radius 2 is 1.82 bits per heavy atom. The standard InChI is InChI=1S/C17H11BF2N2/c19-15-11-21-16(17(15)20)10-14-9-8-13(22(14)18-21)7-6-12-4-2-1-3-5-12/h1-11H/q+1. The van der Waals surface area contributed by atoms with Gasteiger partial charge in [0.25, 0.3) is 0 Å². The van der Waals surface area contributed by atoms with Gasteiger partial charge in [-0.3, -0.25) is 4.49 Å². The van der Waals surface area contributed by atoms with Crippen molar-refractivity contribution < 1.29 is 13.3 Å². The van der Waals surface area contributed by atoms with Crippen LogP contribution >= 0.6 is 0 Å². The summed E-state index contributed by atoms with van der Waals surface area (Å²) in [7, 11) is 1.68. The highest BCUT2D eigenvalue weighted by Gasteiger charge is 2.37. The molecule has 2 aliphatic rings. The molecule has 0 bridgehead atoms. The van der Waals surface area contributed by atoms with E-state index in [2.05, 4.69) is 0 Å². The average molecular weight is 292 g/mol. The number of benzene rings is 1. The smallest absolute Gasteiger partial charge is 0.319 e. The van der Waals surface area contributed by atoms with E-state index in [0.717, 1.165) is 23.2 Å². The molecule has 5 heteroatoms. The van der Waals surface area contributed by atoms with Crippen molar-refractivity contribution in [3.8, 4) is 0 Å². The van der Waals surface area contributed by atoms with E-state index in [-0.39, 0.29) is 5.70 Å². The molecule has 22 heavy (non-hydrogen) atoms. The van der Waals surface area contributed by atoms with E-state index in [9.17, 15) is 8.78 Å². The first-order valence-corrected chi connectivity index (χ1v) is 6.92. The molecule has 0 unspecified atom stereocenters. The summed E-state index contributed by atoms with van der Waals surface area (Å²) in [5.41, 5.74) is 3.09. The molecule has 105 valence electrons. The SMILES string of the molecule is FC1=C(F)C2=Cc3ccc(C=Cc4ccccc4)n3[B][N+]2=C1. The normalized spacial score (nSPS) is 16.3. The third-order valence-electron chi connectivity index (χ3n) is 3.72. The lowest BCUT2D eigenvalue weighted by Crippen LogP contribution is -2.27. The van der Waals surface area contributed by atoms with E-state index in [1.807, 2.05) is 59.1 Å². The summed E-state index contributed by atoms with van der Waals surface area (Å²) in [6, 6.07) is 13.8. The Morgan fingerprint density at radius 1 is 1.00 bits per heavy atom. The molecule has 4 rings (SSSR count). The van der Waals surface area contributed by atoms with Crippen LogP contribution in [0, 0.1) is 0 Å². The molecular formula is C17H11BF2N2+. The van der Waals surface area contributed by atoms with Gasteiger partial charge in [-0.2, -0.15) is 8.78 Å². The van der Waals surface area contributed by atoms with Crippen molar-refractivity contribution >= 4 is 32.0 Å². The molecule has 0 aliphatic carbocycles. The zero-order chi connectivity index (χ0) is 15.1. The molecule has 0 atom stereocenters. The van der Waals surface area contributed by atoms with Crippen molar-refractivity contribution in [1.29, 1.82) is 0 Å². The fourth-order valence-corrected chi connectivity index (χ4v) is 2.59. The summed E-state index contributed by atoms with van der Waals surface area (Å²) in [5.74, 6) is -1.65. The highest BCUT2D eigenvalue weighted by atomic mass is 19.2. The number of fused-ring (bicyclic) bond motifs is 2. The maximum Gasteiger partial charge on any atom is 0.700 e. The van der Waals surface area contributed by atoms with Crippen LogP contribution in [0.1, 0.15) is 17.0 Å². The maximum absolute atomic E-state index is 13.6. The molecule has 1 aromatic carbocycles. The topological polar surface area (TPSA) is 7.94 Å². The van der Waals surface area contributed by atoms with Gasteiger partial charge in [0, 0.05) is 17.5 Å². The van der Waals surface area contributed by atoms with Gasteiger partial charge in [-0.1, -0.05) is 36.4 Å². The third-order valence-corrected chi connectivity index (χ3v) is 3.72. The zero-order valence-corrected chi connectivity index (χ0v) is 11.6. The summed E-state index contributed by atoms with van der Waals surface area (Å²) >= 11 is 0. The van der Waals surface area contributed by atoms with Crippen LogP contribution in [0.5, 0.6) is 0 Å². The summed E-state index contributed by atoms with van der Waals surface area (Å²) in [4.78, 5) is 0. The second-order valence-corrected chi connectivity index (χ2v) is 5.14.